The number of aryl methyl sites for hydroxylation is 1. The van der Waals surface area contributed by atoms with Crippen LogP contribution in [0, 0.1) is 6.92 Å². The lowest BCUT2D eigenvalue weighted by Gasteiger charge is -2.11. The summed E-state index contributed by atoms with van der Waals surface area (Å²) in [6.07, 6.45) is 12.8. The number of aromatic nitrogens is 1. The van der Waals surface area contributed by atoms with E-state index in [0.717, 1.165) is 12.8 Å². The fraction of sp³-hybridized carbons (Fsp3) is 0.167. The molecule has 0 unspecified atom stereocenters. The summed E-state index contributed by atoms with van der Waals surface area (Å²) in [5.74, 6) is 0. The first kappa shape index (κ1) is 11.9. The fourth-order valence-corrected chi connectivity index (χ4v) is 2.49. The van der Waals surface area contributed by atoms with Gasteiger partial charge in [0.2, 0.25) is 0 Å². The fourth-order valence-electron chi connectivity index (χ4n) is 2.49. The van der Waals surface area contributed by atoms with E-state index in [2.05, 4.69) is 60.5 Å². The first-order valence-corrected chi connectivity index (χ1v) is 6.72. The topological polar surface area (TPSA) is 12.9 Å². The minimum Gasteiger partial charge on any atom is -0.265 e. The molecule has 0 N–H and O–H groups in total. The van der Waals surface area contributed by atoms with Crippen LogP contribution in [-0.2, 0) is 0 Å². The standard InChI is InChI=1S/C18H17N/c1-14-11-17(15-5-3-2-4-6-15)13-18(12-14)16-7-9-19-10-8-16/h3,5-13H,2,4H2,1H3. The van der Waals surface area contributed by atoms with Crippen molar-refractivity contribution in [2.75, 3.05) is 0 Å². The van der Waals surface area contributed by atoms with Crippen LogP contribution in [0.5, 0.6) is 0 Å². The molecule has 0 radical (unpaired) electrons. The Hall–Kier alpha value is -2.15. The van der Waals surface area contributed by atoms with E-state index in [1.165, 1.54) is 27.8 Å². The predicted molar refractivity (Wildman–Crippen MR) is 80.8 cm³/mol. The molecule has 0 spiro atoms. The van der Waals surface area contributed by atoms with Crippen molar-refractivity contribution in [2.24, 2.45) is 0 Å². The molecule has 0 fully saturated rings. The van der Waals surface area contributed by atoms with Gasteiger partial charge in [-0.3, -0.25) is 4.98 Å². The van der Waals surface area contributed by atoms with Crippen molar-refractivity contribution in [3.8, 4) is 11.1 Å². The van der Waals surface area contributed by atoms with Crippen LogP contribution < -0.4 is 0 Å². The molecule has 0 atom stereocenters. The first-order valence-electron chi connectivity index (χ1n) is 6.72. The van der Waals surface area contributed by atoms with Gasteiger partial charge < -0.3 is 0 Å². The van der Waals surface area contributed by atoms with Gasteiger partial charge in [0.1, 0.15) is 0 Å². The van der Waals surface area contributed by atoms with Crippen LogP contribution in [-0.4, -0.2) is 4.98 Å². The highest BCUT2D eigenvalue weighted by molar-refractivity contribution is 5.78. The molecule has 19 heavy (non-hydrogen) atoms. The number of hydrogen-bond acceptors (Lipinski definition) is 1. The van der Waals surface area contributed by atoms with E-state index < -0.39 is 0 Å². The quantitative estimate of drug-likeness (QED) is 0.743. The molecule has 1 aliphatic rings. The summed E-state index contributed by atoms with van der Waals surface area (Å²) in [5, 5.41) is 0. The number of rotatable bonds is 2. The lowest BCUT2D eigenvalue weighted by Crippen LogP contribution is -1.89. The number of allylic oxidation sites excluding steroid dienone is 4. The molecule has 0 saturated carbocycles. The zero-order valence-electron chi connectivity index (χ0n) is 11.1. The summed E-state index contributed by atoms with van der Waals surface area (Å²) < 4.78 is 0. The van der Waals surface area contributed by atoms with Crippen molar-refractivity contribution in [1.29, 1.82) is 0 Å². The van der Waals surface area contributed by atoms with E-state index in [1.54, 1.807) is 0 Å². The largest absolute Gasteiger partial charge is 0.265 e. The van der Waals surface area contributed by atoms with Gasteiger partial charge in [0.15, 0.2) is 0 Å². The van der Waals surface area contributed by atoms with Crippen LogP contribution in [0.3, 0.4) is 0 Å². The molecule has 0 amide bonds. The predicted octanol–water partition coefficient (Wildman–Crippen LogP) is 4.79. The third-order valence-electron chi connectivity index (χ3n) is 3.42. The highest BCUT2D eigenvalue weighted by Gasteiger charge is 2.05. The third kappa shape index (κ3) is 2.65. The second-order valence-electron chi connectivity index (χ2n) is 4.96. The van der Waals surface area contributed by atoms with Gasteiger partial charge in [-0.25, -0.2) is 0 Å². The molecule has 1 aliphatic carbocycles. The summed E-state index contributed by atoms with van der Waals surface area (Å²) in [6.45, 7) is 2.15. The summed E-state index contributed by atoms with van der Waals surface area (Å²) in [6, 6.07) is 10.9. The first-order chi connectivity index (χ1) is 9.33. The Kier molecular flexibility index (Phi) is 3.28. The Morgan fingerprint density at radius 2 is 1.68 bits per heavy atom. The average molecular weight is 247 g/mol. The molecule has 0 bridgehead atoms. The highest BCUT2D eigenvalue weighted by atomic mass is 14.6. The van der Waals surface area contributed by atoms with Gasteiger partial charge in [0.25, 0.3) is 0 Å². The van der Waals surface area contributed by atoms with Crippen LogP contribution in [0.2, 0.25) is 0 Å². The Labute approximate surface area is 114 Å². The molecule has 1 heterocycles. The van der Waals surface area contributed by atoms with Crippen LogP contribution >= 0.6 is 0 Å². The SMILES string of the molecule is Cc1cc(C2=CCCC=C2)cc(-c2ccncc2)c1. The molecular weight excluding hydrogens is 230 g/mol. The number of benzene rings is 1. The van der Waals surface area contributed by atoms with E-state index in [9.17, 15) is 0 Å². The van der Waals surface area contributed by atoms with E-state index in [-0.39, 0.29) is 0 Å². The maximum absolute atomic E-state index is 4.08. The van der Waals surface area contributed by atoms with Crippen molar-refractivity contribution < 1.29 is 0 Å². The zero-order valence-corrected chi connectivity index (χ0v) is 11.1. The van der Waals surface area contributed by atoms with Crippen molar-refractivity contribution in [1.82, 2.24) is 4.98 Å². The summed E-state index contributed by atoms with van der Waals surface area (Å²) in [5.41, 5.74) is 6.43. The smallest absolute Gasteiger partial charge is 0.0273 e. The van der Waals surface area contributed by atoms with Gasteiger partial charge in [0, 0.05) is 12.4 Å². The molecule has 1 aromatic heterocycles. The summed E-state index contributed by atoms with van der Waals surface area (Å²) in [7, 11) is 0. The van der Waals surface area contributed by atoms with E-state index in [0.29, 0.717) is 0 Å². The van der Waals surface area contributed by atoms with Crippen LogP contribution in [0.15, 0.2) is 61.0 Å². The number of hydrogen-bond donors (Lipinski definition) is 0. The monoisotopic (exact) mass is 247 g/mol. The molecule has 1 aromatic carbocycles. The Balaban J connectivity index is 2.06. The van der Waals surface area contributed by atoms with Crippen LogP contribution in [0.25, 0.3) is 16.7 Å². The van der Waals surface area contributed by atoms with Gasteiger partial charge in [-0.15, -0.1) is 0 Å². The minimum atomic E-state index is 1.14. The normalized spacial score (nSPS) is 14.3. The number of pyridine rings is 1. The molecule has 0 saturated heterocycles. The Bertz CT molecular complexity index is 636. The van der Waals surface area contributed by atoms with Gasteiger partial charge in [0.05, 0.1) is 0 Å². The molecule has 2 aromatic rings. The maximum Gasteiger partial charge on any atom is 0.0273 e. The van der Waals surface area contributed by atoms with Gasteiger partial charge >= 0.3 is 0 Å². The molecule has 94 valence electrons. The van der Waals surface area contributed by atoms with Crippen molar-refractivity contribution in [2.45, 2.75) is 19.8 Å². The lowest BCUT2D eigenvalue weighted by molar-refractivity contribution is 1.04. The van der Waals surface area contributed by atoms with Crippen molar-refractivity contribution in [3.63, 3.8) is 0 Å². The van der Waals surface area contributed by atoms with Gasteiger partial charge in [-0.2, -0.15) is 0 Å². The second-order valence-corrected chi connectivity index (χ2v) is 4.96. The Morgan fingerprint density at radius 1 is 0.895 bits per heavy atom. The zero-order chi connectivity index (χ0) is 13.1. The molecule has 3 rings (SSSR count). The van der Waals surface area contributed by atoms with Crippen molar-refractivity contribution in [3.05, 3.63) is 72.1 Å². The maximum atomic E-state index is 4.08. The van der Waals surface area contributed by atoms with E-state index in [1.807, 2.05) is 12.4 Å². The molecule has 1 nitrogen and oxygen atoms in total. The molecule has 1 heteroatoms. The average Bonchev–Trinajstić information content (AvgIpc) is 2.48. The molecular formula is C18H17N. The third-order valence-corrected chi connectivity index (χ3v) is 3.42. The van der Waals surface area contributed by atoms with Crippen LogP contribution in [0.4, 0.5) is 0 Å². The second kappa shape index (κ2) is 5.23. The van der Waals surface area contributed by atoms with Crippen molar-refractivity contribution >= 4 is 5.57 Å². The summed E-state index contributed by atoms with van der Waals surface area (Å²) in [4.78, 5) is 4.08. The Morgan fingerprint density at radius 3 is 2.42 bits per heavy atom. The summed E-state index contributed by atoms with van der Waals surface area (Å²) >= 11 is 0. The van der Waals surface area contributed by atoms with Crippen LogP contribution in [0.1, 0.15) is 24.0 Å². The minimum absolute atomic E-state index is 1.14. The number of nitrogens with zero attached hydrogens (tertiary/aromatic N) is 1. The van der Waals surface area contributed by atoms with Gasteiger partial charge in [-0.1, -0.05) is 30.4 Å². The van der Waals surface area contributed by atoms with E-state index in [4.69, 9.17) is 0 Å². The van der Waals surface area contributed by atoms with E-state index >= 15 is 0 Å². The van der Waals surface area contributed by atoms with Gasteiger partial charge in [-0.05, 0) is 65.8 Å². The molecule has 0 aliphatic heterocycles. The lowest BCUT2D eigenvalue weighted by atomic mass is 9.94. The highest BCUT2D eigenvalue weighted by Crippen LogP contribution is 2.27.